The van der Waals surface area contributed by atoms with Crippen molar-refractivity contribution in [1.82, 2.24) is 5.32 Å². The molecule has 0 saturated heterocycles. The molecule has 1 nitrogen and oxygen atoms in total. The zero-order valence-corrected chi connectivity index (χ0v) is 11.1. The van der Waals surface area contributed by atoms with E-state index in [1.165, 1.54) is 33.4 Å². The van der Waals surface area contributed by atoms with Crippen molar-refractivity contribution < 1.29 is 0 Å². The van der Waals surface area contributed by atoms with Gasteiger partial charge in [0, 0.05) is 6.54 Å². The number of benzene rings is 2. The van der Waals surface area contributed by atoms with Gasteiger partial charge in [-0.15, -0.1) is 0 Å². The molecule has 0 unspecified atom stereocenters. The molecule has 0 atom stereocenters. The van der Waals surface area contributed by atoms with E-state index in [2.05, 4.69) is 55.6 Å². The summed E-state index contributed by atoms with van der Waals surface area (Å²) in [5.41, 5.74) is 8.55. The van der Waals surface area contributed by atoms with Crippen LogP contribution < -0.4 is 5.32 Å². The maximum Gasteiger partial charge on any atom is 0.0214 e. The van der Waals surface area contributed by atoms with E-state index in [9.17, 15) is 0 Å². The molecule has 92 valence electrons. The molecule has 3 rings (SSSR count). The van der Waals surface area contributed by atoms with Gasteiger partial charge < -0.3 is 5.32 Å². The second-order valence-electron chi connectivity index (χ2n) is 5.12. The lowest BCUT2D eigenvalue weighted by molar-refractivity contribution is 0.645. The highest BCUT2D eigenvalue weighted by atomic mass is 14.9. The summed E-state index contributed by atoms with van der Waals surface area (Å²) in [6.07, 6.45) is 1.15. The molecule has 0 saturated carbocycles. The first kappa shape index (κ1) is 11.5. The lowest BCUT2D eigenvalue weighted by atomic mass is 9.89. The van der Waals surface area contributed by atoms with Crippen molar-refractivity contribution in [1.29, 1.82) is 0 Å². The molecule has 0 aliphatic carbocycles. The third-order valence-corrected chi connectivity index (χ3v) is 4.04. The Morgan fingerprint density at radius 1 is 0.944 bits per heavy atom. The molecular formula is C17H19N. The van der Waals surface area contributed by atoms with Crippen molar-refractivity contribution in [2.75, 3.05) is 6.54 Å². The van der Waals surface area contributed by atoms with Gasteiger partial charge in [0.2, 0.25) is 0 Å². The van der Waals surface area contributed by atoms with Gasteiger partial charge in [-0.1, -0.05) is 36.4 Å². The Bertz CT molecular complexity index is 584. The van der Waals surface area contributed by atoms with Crippen LogP contribution in [0.2, 0.25) is 0 Å². The Hall–Kier alpha value is -1.60. The van der Waals surface area contributed by atoms with Crippen LogP contribution in [0.15, 0.2) is 36.4 Å². The zero-order chi connectivity index (χ0) is 12.5. The molecule has 0 bridgehead atoms. The van der Waals surface area contributed by atoms with Crippen LogP contribution in [0.1, 0.15) is 22.3 Å². The number of rotatable bonds is 1. The largest absolute Gasteiger partial charge is 0.312 e. The number of hydrogen-bond donors (Lipinski definition) is 1. The molecule has 0 amide bonds. The second-order valence-corrected chi connectivity index (χ2v) is 5.12. The third-order valence-electron chi connectivity index (χ3n) is 4.04. The fourth-order valence-corrected chi connectivity index (χ4v) is 2.81. The Balaban J connectivity index is 2.20. The molecule has 2 aromatic rings. The predicted molar refractivity (Wildman–Crippen MR) is 76.8 cm³/mol. The molecule has 2 aromatic carbocycles. The van der Waals surface area contributed by atoms with Gasteiger partial charge in [0.25, 0.3) is 0 Å². The van der Waals surface area contributed by atoms with Crippen molar-refractivity contribution >= 4 is 0 Å². The number of fused-ring (bicyclic) bond motifs is 1. The topological polar surface area (TPSA) is 12.0 Å². The molecule has 1 heteroatoms. The standard InChI is InChI=1S/C17H19N/c1-12-5-3-7-15(13(12)2)16-8-4-6-14-9-10-18-11-17(14)16/h3-8,18H,9-11H2,1-2H3. The minimum absolute atomic E-state index is 0.999. The van der Waals surface area contributed by atoms with Crippen molar-refractivity contribution in [3.63, 3.8) is 0 Å². The van der Waals surface area contributed by atoms with Gasteiger partial charge in [-0.25, -0.2) is 0 Å². The summed E-state index contributed by atoms with van der Waals surface area (Å²) in [4.78, 5) is 0. The highest BCUT2D eigenvalue weighted by Crippen LogP contribution is 2.31. The number of aryl methyl sites for hydroxylation is 1. The summed E-state index contributed by atoms with van der Waals surface area (Å²) in [6, 6.07) is 13.3. The van der Waals surface area contributed by atoms with E-state index in [4.69, 9.17) is 0 Å². The Kier molecular flexibility index (Phi) is 2.92. The summed E-state index contributed by atoms with van der Waals surface area (Å²) >= 11 is 0. The summed E-state index contributed by atoms with van der Waals surface area (Å²) in [5.74, 6) is 0. The quantitative estimate of drug-likeness (QED) is 0.799. The zero-order valence-electron chi connectivity index (χ0n) is 11.1. The molecule has 1 aliphatic heterocycles. The third kappa shape index (κ3) is 1.85. The van der Waals surface area contributed by atoms with Gasteiger partial charge in [0.15, 0.2) is 0 Å². The fourth-order valence-electron chi connectivity index (χ4n) is 2.81. The van der Waals surface area contributed by atoms with E-state index >= 15 is 0 Å². The molecule has 0 aromatic heterocycles. The molecule has 1 N–H and O–H groups in total. The van der Waals surface area contributed by atoms with Crippen LogP contribution in [0.5, 0.6) is 0 Å². The minimum atomic E-state index is 0.999. The molecular weight excluding hydrogens is 218 g/mol. The van der Waals surface area contributed by atoms with E-state index < -0.39 is 0 Å². The molecule has 0 radical (unpaired) electrons. The highest BCUT2D eigenvalue weighted by Gasteiger charge is 2.14. The maximum atomic E-state index is 3.49. The van der Waals surface area contributed by atoms with E-state index in [1.54, 1.807) is 0 Å². The fraction of sp³-hybridized carbons (Fsp3) is 0.294. The van der Waals surface area contributed by atoms with Crippen LogP contribution >= 0.6 is 0 Å². The molecule has 1 heterocycles. The van der Waals surface area contributed by atoms with Gasteiger partial charge in [-0.2, -0.15) is 0 Å². The Labute approximate surface area is 109 Å². The molecule has 0 spiro atoms. The van der Waals surface area contributed by atoms with Gasteiger partial charge in [0.1, 0.15) is 0 Å². The van der Waals surface area contributed by atoms with Crippen molar-refractivity contribution in [2.24, 2.45) is 0 Å². The van der Waals surface area contributed by atoms with Crippen LogP contribution in [-0.4, -0.2) is 6.54 Å². The highest BCUT2D eigenvalue weighted by molar-refractivity contribution is 5.73. The first-order valence-electron chi connectivity index (χ1n) is 6.65. The lowest BCUT2D eigenvalue weighted by Gasteiger charge is -2.21. The second kappa shape index (κ2) is 4.58. The van der Waals surface area contributed by atoms with Crippen LogP contribution in [0.4, 0.5) is 0 Å². The SMILES string of the molecule is Cc1cccc(-c2cccc3c2CNCC3)c1C. The number of hydrogen-bond acceptors (Lipinski definition) is 1. The summed E-state index contributed by atoms with van der Waals surface area (Å²) < 4.78 is 0. The minimum Gasteiger partial charge on any atom is -0.312 e. The molecule has 1 aliphatic rings. The van der Waals surface area contributed by atoms with E-state index in [1.807, 2.05) is 0 Å². The van der Waals surface area contributed by atoms with E-state index in [0.717, 1.165) is 19.5 Å². The smallest absolute Gasteiger partial charge is 0.0214 e. The predicted octanol–water partition coefficient (Wildman–Crippen LogP) is 3.62. The van der Waals surface area contributed by atoms with Crippen LogP contribution in [0.3, 0.4) is 0 Å². The first-order chi connectivity index (χ1) is 8.77. The van der Waals surface area contributed by atoms with Gasteiger partial charge in [-0.3, -0.25) is 0 Å². The lowest BCUT2D eigenvalue weighted by Crippen LogP contribution is -2.24. The Morgan fingerprint density at radius 2 is 1.72 bits per heavy atom. The Morgan fingerprint density at radius 3 is 2.61 bits per heavy atom. The molecule has 0 fully saturated rings. The van der Waals surface area contributed by atoms with Crippen LogP contribution in [0.25, 0.3) is 11.1 Å². The van der Waals surface area contributed by atoms with Gasteiger partial charge in [0.05, 0.1) is 0 Å². The van der Waals surface area contributed by atoms with E-state index in [0.29, 0.717) is 0 Å². The van der Waals surface area contributed by atoms with Crippen molar-refractivity contribution in [3.8, 4) is 11.1 Å². The summed E-state index contributed by atoms with van der Waals surface area (Å²) in [5, 5.41) is 3.49. The van der Waals surface area contributed by atoms with Crippen molar-refractivity contribution in [3.05, 3.63) is 58.7 Å². The number of nitrogens with one attached hydrogen (secondary N) is 1. The van der Waals surface area contributed by atoms with Crippen LogP contribution in [0, 0.1) is 13.8 Å². The molecule has 18 heavy (non-hydrogen) atoms. The first-order valence-corrected chi connectivity index (χ1v) is 6.65. The maximum absolute atomic E-state index is 3.49. The average Bonchev–Trinajstić information content (AvgIpc) is 2.41. The summed E-state index contributed by atoms with van der Waals surface area (Å²) in [7, 11) is 0. The van der Waals surface area contributed by atoms with Crippen LogP contribution in [-0.2, 0) is 13.0 Å². The monoisotopic (exact) mass is 237 g/mol. The van der Waals surface area contributed by atoms with Gasteiger partial charge >= 0.3 is 0 Å². The average molecular weight is 237 g/mol. The summed E-state index contributed by atoms with van der Waals surface area (Å²) in [6.45, 7) is 6.51. The van der Waals surface area contributed by atoms with Gasteiger partial charge in [-0.05, 0) is 60.2 Å². The van der Waals surface area contributed by atoms with E-state index in [-0.39, 0.29) is 0 Å². The normalized spacial score (nSPS) is 14.3. The van der Waals surface area contributed by atoms with Crippen molar-refractivity contribution in [2.45, 2.75) is 26.8 Å².